The fourth-order valence-corrected chi connectivity index (χ4v) is 2.28. The zero-order valence-corrected chi connectivity index (χ0v) is 16.6. The maximum atomic E-state index is 10.5. The number of carbonyl (C=O) groups excluding carboxylic acids is 1. The minimum atomic E-state index is 0.108. The Bertz CT molecular complexity index is 819. The van der Waals surface area contributed by atoms with Gasteiger partial charge in [0.15, 0.2) is 17.8 Å². The molecule has 0 atom stereocenters. The van der Waals surface area contributed by atoms with Gasteiger partial charge < -0.3 is 25.3 Å². The third kappa shape index (κ3) is 6.45. The van der Waals surface area contributed by atoms with Crippen molar-refractivity contribution < 1.29 is 19.0 Å². The van der Waals surface area contributed by atoms with Gasteiger partial charge in [-0.1, -0.05) is 6.07 Å². The Morgan fingerprint density at radius 3 is 2.50 bits per heavy atom. The largest absolute Gasteiger partial charge is 0.493 e. The molecule has 0 aliphatic rings. The molecule has 0 spiro atoms. The van der Waals surface area contributed by atoms with Crippen LogP contribution in [0.15, 0.2) is 24.3 Å². The van der Waals surface area contributed by atoms with E-state index in [1.165, 1.54) is 11.6 Å². The van der Waals surface area contributed by atoms with Crippen molar-refractivity contribution in [2.24, 2.45) is 0 Å². The molecule has 1 heterocycles. The molecule has 28 heavy (non-hydrogen) atoms. The molecule has 2 rings (SSSR count). The van der Waals surface area contributed by atoms with Gasteiger partial charge in [0.1, 0.15) is 17.3 Å². The molecular formula is C20H26N4O4. The number of rotatable bonds is 8. The van der Waals surface area contributed by atoms with Crippen molar-refractivity contribution in [3.63, 3.8) is 0 Å². The molecule has 0 amide bonds. The zero-order valence-electron chi connectivity index (χ0n) is 16.6. The number of likely N-dealkylation sites (N-methyl/N-ethyl adjacent to an activating group) is 1. The molecule has 8 heteroatoms. The molecular weight excluding hydrogens is 360 g/mol. The summed E-state index contributed by atoms with van der Waals surface area (Å²) in [6.07, 6.45) is 1.55. The van der Waals surface area contributed by atoms with Gasteiger partial charge in [-0.3, -0.25) is 4.79 Å². The molecule has 0 aliphatic heterocycles. The number of aromatic nitrogens is 1. The number of anilines is 1. The molecule has 0 bridgehead atoms. The van der Waals surface area contributed by atoms with Gasteiger partial charge in [-0.05, 0) is 50.7 Å². The maximum absolute atomic E-state index is 10.5. The number of benzene rings is 1. The smallest absolute Gasteiger partial charge is 0.234 e. The lowest BCUT2D eigenvalue weighted by molar-refractivity contribution is 0.111. The van der Waals surface area contributed by atoms with Crippen LogP contribution in [0.2, 0.25) is 0 Å². The van der Waals surface area contributed by atoms with Crippen LogP contribution in [0.1, 0.15) is 28.5 Å². The summed E-state index contributed by atoms with van der Waals surface area (Å²) in [6.45, 7) is 3.09. The maximum Gasteiger partial charge on any atom is 0.234 e. The first-order valence-corrected chi connectivity index (χ1v) is 8.68. The highest BCUT2D eigenvalue weighted by molar-refractivity contribution is 5.76. The molecule has 150 valence electrons. The Hall–Kier alpha value is -3.31. The number of nitrogen functional groups attached to an aromatic ring is 1. The molecule has 0 aliphatic carbocycles. The van der Waals surface area contributed by atoms with Crippen LogP contribution in [-0.2, 0) is 6.42 Å². The van der Waals surface area contributed by atoms with Crippen molar-refractivity contribution in [1.29, 1.82) is 5.26 Å². The highest BCUT2D eigenvalue weighted by Crippen LogP contribution is 2.27. The van der Waals surface area contributed by atoms with Crippen LogP contribution in [0.5, 0.6) is 17.4 Å². The fraction of sp³-hybridized carbons (Fsp3) is 0.350. The van der Waals surface area contributed by atoms with Gasteiger partial charge in [0.2, 0.25) is 5.88 Å². The predicted molar refractivity (Wildman–Crippen MR) is 107 cm³/mol. The number of hydrogen-bond donors (Lipinski definition) is 2. The standard InChI is InChI=1S/C11H17NO2.C9H9N3O2/c1-12-7-6-9-4-5-10(13-2)11(8-9)14-3;1-2-14-9-7(4-10)8(11)3-6(5-13)12-9/h4-5,8,12H,6-7H2,1-3H3;3,5H,2H2,1H3,(H2,11,12). The van der Waals surface area contributed by atoms with Crippen LogP contribution in [0.4, 0.5) is 5.69 Å². The summed E-state index contributed by atoms with van der Waals surface area (Å²) < 4.78 is 15.4. The number of nitrogens with one attached hydrogen (secondary N) is 1. The van der Waals surface area contributed by atoms with Crippen LogP contribution < -0.4 is 25.3 Å². The van der Waals surface area contributed by atoms with E-state index in [0.29, 0.717) is 12.9 Å². The van der Waals surface area contributed by atoms with E-state index in [1.807, 2.05) is 25.2 Å². The van der Waals surface area contributed by atoms with Crippen molar-refractivity contribution in [3.05, 3.63) is 41.1 Å². The van der Waals surface area contributed by atoms with Gasteiger partial charge in [0.05, 0.1) is 26.5 Å². The number of methoxy groups -OCH3 is 2. The molecule has 1 aromatic carbocycles. The Labute approximate surface area is 165 Å². The second-order valence-corrected chi connectivity index (χ2v) is 5.52. The quantitative estimate of drug-likeness (QED) is 0.663. The third-order valence-electron chi connectivity index (χ3n) is 3.66. The van der Waals surface area contributed by atoms with Crippen molar-refractivity contribution >= 4 is 12.0 Å². The highest BCUT2D eigenvalue weighted by atomic mass is 16.5. The minimum absolute atomic E-state index is 0.108. The fourth-order valence-electron chi connectivity index (χ4n) is 2.28. The average Bonchev–Trinajstić information content (AvgIpc) is 2.72. The first-order chi connectivity index (χ1) is 13.5. The summed E-state index contributed by atoms with van der Waals surface area (Å²) in [5.41, 5.74) is 7.31. The summed E-state index contributed by atoms with van der Waals surface area (Å²) in [4.78, 5) is 14.3. The second-order valence-electron chi connectivity index (χ2n) is 5.52. The zero-order chi connectivity index (χ0) is 20.9. The number of nitrogens with zero attached hydrogens (tertiary/aromatic N) is 2. The van der Waals surface area contributed by atoms with E-state index in [4.69, 9.17) is 25.2 Å². The van der Waals surface area contributed by atoms with Gasteiger partial charge in [0.25, 0.3) is 0 Å². The number of pyridine rings is 1. The van der Waals surface area contributed by atoms with E-state index in [0.717, 1.165) is 24.5 Å². The third-order valence-corrected chi connectivity index (χ3v) is 3.66. The predicted octanol–water partition coefficient (Wildman–Crippen LogP) is 2.21. The molecule has 2 aromatic rings. The van der Waals surface area contributed by atoms with E-state index in [2.05, 4.69) is 16.4 Å². The van der Waals surface area contributed by atoms with Gasteiger partial charge in [0, 0.05) is 0 Å². The van der Waals surface area contributed by atoms with Gasteiger partial charge in [-0.25, -0.2) is 4.98 Å². The number of carbonyl (C=O) groups is 1. The second kappa shape index (κ2) is 12.1. The van der Waals surface area contributed by atoms with Crippen LogP contribution in [0, 0.1) is 11.3 Å². The van der Waals surface area contributed by atoms with Crippen LogP contribution in [0.25, 0.3) is 0 Å². The minimum Gasteiger partial charge on any atom is -0.493 e. The van der Waals surface area contributed by atoms with Gasteiger partial charge in [-0.15, -0.1) is 0 Å². The molecule has 0 saturated carbocycles. The van der Waals surface area contributed by atoms with E-state index in [-0.39, 0.29) is 22.8 Å². The van der Waals surface area contributed by atoms with E-state index in [1.54, 1.807) is 21.1 Å². The number of nitriles is 1. The first kappa shape index (κ1) is 22.7. The average molecular weight is 386 g/mol. The number of ether oxygens (including phenoxy) is 3. The molecule has 8 nitrogen and oxygen atoms in total. The van der Waals surface area contributed by atoms with Crippen molar-refractivity contribution in [1.82, 2.24) is 10.3 Å². The van der Waals surface area contributed by atoms with Crippen LogP contribution >= 0.6 is 0 Å². The topological polar surface area (TPSA) is 119 Å². The normalized spacial score (nSPS) is 9.54. The van der Waals surface area contributed by atoms with Crippen molar-refractivity contribution in [2.45, 2.75) is 13.3 Å². The van der Waals surface area contributed by atoms with Gasteiger partial charge >= 0.3 is 0 Å². The monoisotopic (exact) mass is 386 g/mol. The van der Waals surface area contributed by atoms with Crippen LogP contribution in [0.3, 0.4) is 0 Å². The van der Waals surface area contributed by atoms with Crippen molar-refractivity contribution in [2.75, 3.05) is 40.2 Å². The summed E-state index contributed by atoms with van der Waals surface area (Å²) in [7, 11) is 5.24. The SMILES string of the molecule is CCOc1nc(C=O)cc(N)c1C#N.CNCCc1ccc(OC)c(OC)c1. The molecule has 0 saturated heterocycles. The number of aldehydes is 1. The lowest BCUT2D eigenvalue weighted by Gasteiger charge is -2.09. The Morgan fingerprint density at radius 2 is 1.96 bits per heavy atom. The molecule has 3 N–H and O–H groups in total. The summed E-state index contributed by atoms with van der Waals surface area (Å²) in [5, 5.41) is 11.9. The van der Waals surface area contributed by atoms with E-state index < -0.39 is 0 Å². The Kier molecular flexibility index (Phi) is 9.86. The van der Waals surface area contributed by atoms with E-state index >= 15 is 0 Å². The lowest BCUT2D eigenvalue weighted by Crippen LogP contribution is -2.10. The van der Waals surface area contributed by atoms with E-state index in [9.17, 15) is 4.79 Å². The Balaban J connectivity index is 0.000000280. The summed E-state index contributed by atoms with van der Waals surface area (Å²) >= 11 is 0. The molecule has 1 aromatic heterocycles. The van der Waals surface area contributed by atoms with Crippen LogP contribution in [-0.4, -0.2) is 45.7 Å². The number of hydrogen-bond acceptors (Lipinski definition) is 8. The molecule has 0 radical (unpaired) electrons. The lowest BCUT2D eigenvalue weighted by atomic mass is 10.1. The van der Waals surface area contributed by atoms with Crippen molar-refractivity contribution in [3.8, 4) is 23.4 Å². The van der Waals surface area contributed by atoms with Gasteiger partial charge in [-0.2, -0.15) is 5.26 Å². The molecule has 0 fully saturated rings. The highest BCUT2D eigenvalue weighted by Gasteiger charge is 2.10. The number of nitrogens with two attached hydrogens (primary N) is 1. The molecule has 0 unspecified atom stereocenters. The Morgan fingerprint density at radius 1 is 1.25 bits per heavy atom. The summed E-state index contributed by atoms with van der Waals surface area (Å²) in [6, 6.07) is 9.21. The first-order valence-electron chi connectivity index (χ1n) is 8.68. The summed E-state index contributed by atoms with van der Waals surface area (Å²) in [5.74, 6) is 1.68.